The van der Waals surface area contributed by atoms with Crippen LogP contribution in [-0.2, 0) is 0 Å². The molecule has 3 rings (SSSR count). The Balaban J connectivity index is 1.59. The summed E-state index contributed by atoms with van der Waals surface area (Å²) in [6, 6.07) is 9.65. The lowest BCUT2D eigenvalue weighted by Gasteiger charge is -2.40. The second kappa shape index (κ2) is 5.80. The lowest BCUT2D eigenvalue weighted by molar-refractivity contribution is 0.168. The summed E-state index contributed by atoms with van der Waals surface area (Å²) in [5.74, 6) is 0.0302. The summed E-state index contributed by atoms with van der Waals surface area (Å²) in [5.41, 5.74) is 1.09. The van der Waals surface area contributed by atoms with Crippen molar-refractivity contribution in [1.29, 1.82) is 5.26 Å². The summed E-state index contributed by atoms with van der Waals surface area (Å²) in [7, 11) is 0. The molecule has 0 aromatic heterocycles. The lowest BCUT2D eigenvalue weighted by atomic mass is 10.0. The predicted molar refractivity (Wildman–Crippen MR) is 76.9 cm³/mol. The van der Waals surface area contributed by atoms with Gasteiger partial charge in [0.05, 0.1) is 12.0 Å². The molecule has 0 bridgehead atoms. The van der Waals surface area contributed by atoms with Crippen molar-refractivity contribution in [3.8, 4) is 6.07 Å². The summed E-state index contributed by atoms with van der Waals surface area (Å²) >= 11 is 0. The van der Waals surface area contributed by atoms with Crippen LogP contribution in [-0.4, -0.2) is 37.1 Å². The average molecular weight is 273 g/mol. The first-order chi connectivity index (χ1) is 9.78. The van der Waals surface area contributed by atoms with E-state index in [4.69, 9.17) is 0 Å². The molecule has 0 radical (unpaired) electrons. The molecule has 1 aliphatic carbocycles. The van der Waals surface area contributed by atoms with Crippen molar-refractivity contribution < 1.29 is 4.39 Å². The fourth-order valence-corrected chi connectivity index (χ4v) is 3.49. The van der Waals surface area contributed by atoms with Crippen LogP contribution in [0.5, 0.6) is 0 Å². The third-order valence-corrected chi connectivity index (χ3v) is 4.62. The molecule has 3 nitrogen and oxygen atoms in total. The van der Waals surface area contributed by atoms with Gasteiger partial charge in [0.25, 0.3) is 0 Å². The predicted octanol–water partition coefficient (Wildman–Crippen LogP) is 2.64. The van der Waals surface area contributed by atoms with Crippen molar-refractivity contribution in [1.82, 2.24) is 4.90 Å². The number of piperazine rings is 1. The van der Waals surface area contributed by atoms with E-state index in [0.29, 0.717) is 6.04 Å². The summed E-state index contributed by atoms with van der Waals surface area (Å²) in [6.45, 7) is 3.92. The first-order valence-corrected chi connectivity index (χ1v) is 7.42. The van der Waals surface area contributed by atoms with E-state index in [0.717, 1.165) is 44.7 Å². The summed E-state index contributed by atoms with van der Waals surface area (Å²) in [5, 5.41) is 9.20. The Morgan fingerprint density at radius 3 is 2.40 bits per heavy atom. The van der Waals surface area contributed by atoms with E-state index < -0.39 is 0 Å². The van der Waals surface area contributed by atoms with Gasteiger partial charge in [0, 0.05) is 37.9 Å². The van der Waals surface area contributed by atoms with E-state index in [-0.39, 0.29) is 11.7 Å². The maximum absolute atomic E-state index is 12.9. The van der Waals surface area contributed by atoms with Crippen LogP contribution >= 0.6 is 0 Å². The van der Waals surface area contributed by atoms with E-state index >= 15 is 0 Å². The number of anilines is 1. The molecule has 1 aliphatic heterocycles. The van der Waals surface area contributed by atoms with Gasteiger partial charge >= 0.3 is 0 Å². The van der Waals surface area contributed by atoms with Gasteiger partial charge in [0.2, 0.25) is 0 Å². The Morgan fingerprint density at radius 1 is 1.05 bits per heavy atom. The highest BCUT2D eigenvalue weighted by Crippen LogP contribution is 2.30. The maximum Gasteiger partial charge on any atom is 0.123 e. The number of halogens is 1. The standard InChI is InChI=1S/C16H20FN3/c17-14-4-6-15(7-5-14)19-8-10-20(11-9-19)16-3-1-2-13(16)12-18/h4-7,13,16H,1-3,8-11H2. The molecule has 1 saturated heterocycles. The maximum atomic E-state index is 12.9. The molecular weight excluding hydrogens is 253 g/mol. The molecule has 1 aromatic carbocycles. The number of nitriles is 1. The number of nitrogens with zero attached hydrogens (tertiary/aromatic N) is 3. The van der Waals surface area contributed by atoms with Gasteiger partial charge in [0.1, 0.15) is 5.82 Å². The van der Waals surface area contributed by atoms with Gasteiger partial charge in [-0.1, -0.05) is 6.42 Å². The van der Waals surface area contributed by atoms with Crippen molar-refractivity contribution >= 4 is 5.69 Å². The summed E-state index contributed by atoms with van der Waals surface area (Å²) in [6.07, 6.45) is 3.40. The van der Waals surface area contributed by atoms with Gasteiger partial charge < -0.3 is 4.90 Å². The summed E-state index contributed by atoms with van der Waals surface area (Å²) < 4.78 is 12.9. The zero-order chi connectivity index (χ0) is 13.9. The first kappa shape index (κ1) is 13.4. The highest BCUT2D eigenvalue weighted by molar-refractivity contribution is 5.46. The molecule has 2 fully saturated rings. The molecule has 4 heteroatoms. The number of hydrogen-bond donors (Lipinski definition) is 0. The smallest absolute Gasteiger partial charge is 0.123 e. The van der Waals surface area contributed by atoms with E-state index in [1.54, 1.807) is 0 Å². The van der Waals surface area contributed by atoms with Crippen LogP contribution in [0.25, 0.3) is 0 Å². The number of benzene rings is 1. The number of hydrogen-bond acceptors (Lipinski definition) is 3. The van der Waals surface area contributed by atoms with Crippen LogP contribution in [0, 0.1) is 23.1 Å². The van der Waals surface area contributed by atoms with Gasteiger partial charge in [-0.3, -0.25) is 4.90 Å². The molecule has 2 unspecified atom stereocenters. The Bertz CT molecular complexity index is 485. The highest BCUT2D eigenvalue weighted by atomic mass is 19.1. The molecule has 20 heavy (non-hydrogen) atoms. The zero-order valence-corrected chi connectivity index (χ0v) is 11.6. The van der Waals surface area contributed by atoms with Crippen molar-refractivity contribution in [2.75, 3.05) is 31.1 Å². The molecule has 0 spiro atoms. The molecule has 1 aromatic rings. The normalized spacial score (nSPS) is 27.5. The van der Waals surface area contributed by atoms with Crippen LogP contribution < -0.4 is 4.90 Å². The van der Waals surface area contributed by atoms with Crippen LogP contribution in [0.3, 0.4) is 0 Å². The van der Waals surface area contributed by atoms with Crippen molar-refractivity contribution in [3.05, 3.63) is 30.1 Å². The molecule has 106 valence electrons. The largest absolute Gasteiger partial charge is 0.369 e. The van der Waals surface area contributed by atoms with E-state index in [9.17, 15) is 9.65 Å². The molecule has 2 aliphatic rings. The van der Waals surface area contributed by atoms with E-state index in [1.807, 2.05) is 12.1 Å². The second-order valence-electron chi connectivity index (χ2n) is 5.73. The highest BCUT2D eigenvalue weighted by Gasteiger charge is 2.33. The Labute approximate surface area is 119 Å². The van der Waals surface area contributed by atoms with Gasteiger partial charge in [-0.15, -0.1) is 0 Å². The fraction of sp³-hybridized carbons (Fsp3) is 0.562. The fourth-order valence-electron chi connectivity index (χ4n) is 3.49. The Kier molecular flexibility index (Phi) is 3.88. The zero-order valence-electron chi connectivity index (χ0n) is 11.6. The Hall–Kier alpha value is -1.60. The minimum absolute atomic E-state index is 0.185. The van der Waals surface area contributed by atoms with Gasteiger partial charge in [-0.05, 0) is 37.1 Å². The molecule has 1 heterocycles. The van der Waals surface area contributed by atoms with Crippen LogP contribution in [0.15, 0.2) is 24.3 Å². The van der Waals surface area contributed by atoms with Gasteiger partial charge in [-0.2, -0.15) is 5.26 Å². The topological polar surface area (TPSA) is 30.3 Å². The van der Waals surface area contributed by atoms with E-state index in [1.165, 1.54) is 18.6 Å². The monoisotopic (exact) mass is 273 g/mol. The third-order valence-electron chi connectivity index (χ3n) is 4.62. The quantitative estimate of drug-likeness (QED) is 0.830. The second-order valence-corrected chi connectivity index (χ2v) is 5.73. The van der Waals surface area contributed by atoms with Gasteiger partial charge in [0.15, 0.2) is 0 Å². The SMILES string of the molecule is N#CC1CCCC1N1CCN(c2ccc(F)cc2)CC1. The number of rotatable bonds is 2. The van der Waals surface area contributed by atoms with Crippen LogP contribution in [0.2, 0.25) is 0 Å². The van der Waals surface area contributed by atoms with E-state index in [2.05, 4.69) is 15.9 Å². The van der Waals surface area contributed by atoms with Gasteiger partial charge in [-0.25, -0.2) is 4.39 Å². The minimum Gasteiger partial charge on any atom is -0.369 e. The van der Waals surface area contributed by atoms with Crippen LogP contribution in [0.1, 0.15) is 19.3 Å². The van der Waals surface area contributed by atoms with Crippen molar-refractivity contribution in [2.45, 2.75) is 25.3 Å². The Morgan fingerprint density at radius 2 is 1.75 bits per heavy atom. The first-order valence-electron chi connectivity index (χ1n) is 7.42. The molecule has 1 saturated carbocycles. The third kappa shape index (κ3) is 2.64. The molecule has 0 amide bonds. The molecule has 2 atom stereocenters. The van der Waals surface area contributed by atoms with Crippen molar-refractivity contribution in [2.24, 2.45) is 5.92 Å². The average Bonchev–Trinajstić information content (AvgIpc) is 2.97. The minimum atomic E-state index is -0.185. The molecular formula is C16H20FN3. The summed E-state index contributed by atoms with van der Waals surface area (Å²) in [4.78, 5) is 4.77. The lowest BCUT2D eigenvalue weighted by Crippen LogP contribution is -2.51. The van der Waals surface area contributed by atoms with Crippen molar-refractivity contribution in [3.63, 3.8) is 0 Å². The van der Waals surface area contributed by atoms with Crippen LogP contribution in [0.4, 0.5) is 10.1 Å². The molecule has 0 N–H and O–H groups in total.